The second-order valence-corrected chi connectivity index (χ2v) is 7.44. The van der Waals surface area contributed by atoms with Gasteiger partial charge in [0, 0.05) is 31.2 Å². The van der Waals surface area contributed by atoms with Gasteiger partial charge in [0.25, 0.3) is 0 Å². The lowest BCUT2D eigenvalue weighted by molar-refractivity contribution is -0.137. The van der Waals surface area contributed by atoms with Gasteiger partial charge in [-0.05, 0) is 44.0 Å². The molecule has 1 aromatic carbocycles. The van der Waals surface area contributed by atoms with Crippen LogP contribution in [0.4, 0.5) is 19.0 Å². The molecule has 0 bridgehead atoms. The van der Waals surface area contributed by atoms with Crippen molar-refractivity contribution in [2.24, 2.45) is 0 Å². The van der Waals surface area contributed by atoms with Crippen LogP contribution in [0.3, 0.4) is 0 Å². The van der Waals surface area contributed by atoms with E-state index in [-0.39, 0.29) is 17.2 Å². The van der Waals surface area contributed by atoms with Crippen molar-refractivity contribution in [3.63, 3.8) is 0 Å². The number of benzene rings is 1. The maximum atomic E-state index is 12.9. The summed E-state index contributed by atoms with van der Waals surface area (Å²) >= 11 is 0. The maximum Gasteiger partial charge on any atom is 0.416 e. The Labute approximate surface area is 154 Å². The van der Waals surface area contributed by atoms with Gasteiger partial charge in [-0.25, -0.2) is 0 Å². The number of aromatic nitrogens is 2. The molecule has 0 unspecified atom stereocenters. The normalized spacial score (nSPS) is 24.2. The van der Waals surface area contributed by atoms with E-state index in [0.717, 1.165) is 42.9 Å². The van der Waals surface area contributed by atoms with Crippen molar-refractivity contribution in [1.82, 2.24) is 10.2 Å². The summed E-state index contributed by atoms with van der Waals surface area (Å²) in [6, 6.07) is 3.82. The van der Waals surface area contributed by atoms with Gasteiger partial charge in [0.2, 0.25) is 0 Å². The SMILES string of the molecule is CO[C@@]1(C)C[C@H]1N1CCc2cc(-c3c(C)cc(C(F)(F)F)cc3O)nnc21. The number of aryl methyl sites for hydroxylation is 1. The first kappa shape index (κ1) is 18.0. The fourth-order valence-corrected chi connectivity index (χ4v) is 3.87. The van der Waals surface area contributed by atoms with E-state index in [0.29, 0.717) is 11.3 Å². The Morgan fingerprint density at radius 1 is 1.26 bits per heavy atom. The number of ether oxygens (including phenoxy) is 1. The first-order valence-electron chi connectivity index (χ1n) is 8.73. The van der Waals surface area contributed by atoms with Crippen LogP contribution in [0, 0.1) is 6.92 Å². The third-order valence-electron chi connectivity index (χ3n) is 5.63. The Balaban J connectivity index is 1.68. The predicted molar refractivity (Wildman–Crippen MR) is 93.7 cm³/mol. The molecule has 1 aliphatic carbocycles. The second kappa shape index (κ2) is 5.82. The van der Waals surface area contributed by atoms with E-state index >= 15 is 0 Å². The molecule has 2 aromatic rings. The smallest absolute Gasteiger partial charge is 0.416 e. The first-order valence-corrected chi connectivity index (χ1v) is 8.73. The molecule has 2 atom stereocenters. The minimum Gasteiger partial charge on any atom is -0.507 e. The van der Waals surface area contributed by atoms with Crippen molar-refractivity contribution in [2.75, 3.05) is 18.6 Å². The number of halogens is 3. The Kier molecular flexibility index (Phi) is 3.89. The Bertz CT molecular complexity index is 893. The van der Waals surface area contributed by atoms with Crippen molar-refractivity contribution < 1.29 is 23.0 Å². The van der Waals surface area contributed by atoms with E-state index < -0.39 is 17.5 Å². The minimum atomic E-state index is -4.51. The summed E-state index contributed by atoms with van der Waals surface area (Å²) < 4.78 is 44.3. The number of rotatable bonds is 3. The molecule has 2 heterocycles. The van der Waals surface area contributed by atoms with Gasteiger partial charge < -0.3 is 14.7 Å². The molecule has 0 spiro atoms. The Hall–Kier alpha value is -2.35. The van der Waals surface area contributed by atoms with Gasteiger partial charge in [0.1, 0.15) is 5.75 Å². The van der Waals surface area contributed by atoms with E-state index in [9.17, 15) is 18.3 Å². The summed E-state index contributed by atoms with van der Waals surface area (Å²) in [6.45, 7) is 4.38. The molecule has 1 fully saturated rings. The molecule has 144 valence electrons. The lowest BCUT2D eigenvalue weighted by Gasteiger charge is -2.21. The van der Waals surface area contributed by atoms with Crippen LogP contribution in [0.1, 0.15) is 30.0 Å². The van der Waals surface area contributed by atoms with Crippen molar-refractivity contribution in [3.05, 3.63) is 34.9 Å². The highest BCUT2D eigenvalue weighted by Gasteiger charge is 2.55. The van der Waals surface area contributed by atoms with Crippen LogP contribution in [0.25, 0.3) is 11.3 Å². The summed E-state index contributed by atoms with van der Waals surface area (Å²) in [6.07, 6.45) is -2.82. The van der Waals surface area contributed by atoms with Gasteiger partial charge in [0.15, 0.2) is 5.82 Å². The van der Waals surface area contributed by atoms with E-state index in [1.165, 1.54) is 6.92 Å². The van der Waals surface area contributed by atoms with E-state index in [4.69, 9.17) is 4.74 Å². The van der Waals surface area contributed by atoms with Crippen molar-refractivity contribution in [2.45, 2.75) is 44.5 Å². The summed E-state index contributed by atoms with van der Waals surface area (Å²) in [5.74, 6) is 0.342. The third kappa shape index (κ3) is 2.92. The topological polar surface area (TPSA) is 58.5 Å². The molecule has 27 heavy (non-hydrogen) atoms. The van der Waals surface area contributed by atoms with Crippen LogP contribution in [0.15, 0.2) is 18.2 Å². The number of alkyl halides is 3. The molecule has 5 nitrogen and oxygen atoms in total. The second-order valence-electron chi connectivity index (χ2n) is 7.44. The van der Waals surface area contributed by atoms with Gasteiger partial charge in [-0.1, -0.05) is 0 Å². The monoisotopic (exact) mass is 379 g/mol. The number of aromatic hydroxyl groups is 1. The number of phenolic OH excluding ortho intramolecular Hbond substituents is 1. The van der Waals surface area contributed by atoms with Crippen molar-refractivity contribution in [1.29, 1.82) is 0 Å². The summed E-state index contributed by atoms with van der Waals surface area (Å²) in [5, 5.41) is 18.7. The highest BCUT2D eigenvalue weighted by Crippen LogP contribution is 2.47. The molecule has 1 N–H and O–H groups in total. The predicted octanol–water partition coefficient (Wildman–Crippen LogP) is 3.72. The molecule has 8 heteroatoms. The molecule has 4 rings (SSSR count). The van der Waals surface area contributed by atoms with Gasteiger partial charge in [-0.3, -0.25) is 0 Å². The average Bonchev–Trinajstić information content (AvgIpc) is 3.09. The number of hydrogen-bond donors (Lipinski definition) is 1. The fraction of sp³-hybridized carbons (Fsp3) is 0.474. The average molecular weight is 379 g/mol. The number of fused-ring (bicyclic) bond motifs is 1. The van der Waals surface area contributed by atoms with E-state index in [1.807, 2.05) is 6.07 Å². The lowest BCUT2D eigenvalue weighted by atomic mass is 9.99. The number of anilines is 1. The quantitative estimate of drug-likeness (QED) is 0.881. The molecule has 2 aliphatic rings. The van der Waals surface area contributed by atoms with Crippen LogP contribution in [-0.2, 0) is 17.3 Å². The number of hydrogen-bond acceptors (Lipinski definition) is 5. The summed E-state index contributed by atoms with van der Waals surface area (Å²) in [4.78, 5) is 2.18. The number of methoxy groups -OCH3 is 1. The van der Waals surface area contributed by atoms with Crippen LogP contribution in [0.2, 0.25) is 0 Å². The highest BCUT2D eigenvalue weighted by molar-refractivity contribution is 5.73. The van der Waals surface area contributed by atoms with Gasteiger partial charge in [0.05, 0.1) is 22.9 Å². The maximum absolute atomic E-state index is 12.9. The zero-order valence-corrected chi connectivity index (χ0v) is 15.3. The zero-order valence-electron chi connectivity index (χ0n) is 15.3. The molecule has 0 saturated heterocycles. The van der Waals surface area contributed by atoms with Gasteiger partial charge in [-0.2, -0.15) is 13.2 Å². The van der Waals surface area contributed by atoms with Gasteiger partial charge >= 0.3 is 6.18 Å². The van der Waals surface area contributed by atoms with Crippen LogP contribution in [-0.4, -0.2) is 40.6 Å². The number of nitrogens with zero attached hydrogens (tertiary/aromatic N) is 3. The molecule has 1 saturated carbocycles. The summed E-state index contributed by atoms with van der Waals surface area (Å²) in [7, 11) is 1.70. The lowest BCUT2D eigenvalue weighted by Crippen LogP contribution is -2.31. The summed E-state index contributed by atoms with van der Waals surface area (Å²) in [5.41, 5.74) is 0.887. The van der Waals surface area contributed by atoms with E-state index in [2.05, 4.69) is 22.0 Å². The highest BCUT2D eigenvalue weighted by atomic mass is 19.4. The molecule has 1 aromatic heterocycles. The molecule has 1 aliphatic heterocycles. The Morgan fingerprint density at radius 3 is 2.59 bits per heavy atom. The zero-order chi connectivity index (χ0) is 19.6. The molecule has 0 amide bonds. The largest absolute Gasteiger partial charge is 0.507 e. The van der Waals surface area contributed by atoms with E-state index in [1.54, 1.807) is 7.11 Å². The number of phenols is 1. The van der Waals surface area contributed by atoms with Crippen LogP contribution >= 0.6 is 0 Å². The third-order valence-corrected chi connectivity index (χ3v) is 5.63. The van der Waals surface area contributed by atoms with Crippen LogP contribution < -0.4 is 4.90 Å². The standard InChI is InChI=1S/C19H20F3N3O2/c1-10-6-12(19(20,21)22)8-14(26)16(10)13-7-11-4-5-25(17(11)24-23-13)15-9-18(15,2)27-3/h6-8,15,26H,4-5,9H2,1-3H3/t15-,18+/m1/s1. The minimum absolute atomic E-state index is 0.176. The van der Waals surface area contributed by atoms with Crippen molar-refractivity contribution >= 4 is 5.82 Å². The van der Waals surface area contributed by atoms with Gasteiger partial charge in [-0.15, -0.1) is 10.2 Å². The fourth-order valence-electron chi connectivity index (χ4n) is 3.87. The Morgan fingerprint density at radius 2 is 2.00 bits per heavy atom. The molecular formula is C19H20F3N3O2. The van der Waals surface area contributed by atoms with Crippen LogP contribution in [0.5, 0.6) is 5.75 Å². The van der Waals surface area contributed by atoms with Crippen molar-refractivity contribution in [3.8, 4) is 17.0 Å². The molecule has 0 radical (unpaired) electrons. The first-order chi connectivity index (χ1) is 12.6. The molecular weight excluding hydrogens is 359 g/mol.